The molecular formula is C15H24O4. The average Bonchev–Trinajstić information content (AvgIpc) is 3.01. The predicted octanol–water partition coefficient (Wildman–Crippen LogP) is 2.75. The molecule has 3 fully saturated rings. The van der Waals surface area contributed by atoms with Crippen LogP contribution in [0.25, 0.3) is 0 Å². The summed E-state index contributed by atoms with van der Waals surface area (Å²) in [5.41, 5.74) is -0.497. The molecule has 2 heterocycles. The summed E-state index contributed by atoms with van der Waals surface area (Å²) in [6.45, 7) is 1.15. The Morgan fingerprint density at radius 2 is 1.79 bits per heavy atom. The van der Waals surface area contributed by atoms with Gasteiger partial charge in [-0.2, -0.15) is 0 Å². The third kappa shape index (κ3) is 2.52. The van der Waals surface area contributed by atoms with E-state index in [0.29, 0.717) is 32.5 Å². The molecule has 4 heteroatoms. The molecule has 1 unspecified atom stereocenters. The van der Waals surface area contributed by atoms with Crippen LogP contribution < -0.4 is 0 Å². The predicted molar refractivity (Wildman–Crippen MR) is 70.0 cm³/mol. The first-order valence-electron chi connectivity index (χ1n) is 7.63. The zero-order valence-corrected chi connectivity index (χ0v) is 11.5. The molecule has 1 atom stereocenters. The van der Waals surface area contributed by atoms with E-state index < -0.39 is 11.4 Å². The number of carboxylic acid groups (broad SMARTS) is 1. The van der Waals surface area contributed by atoms with E-state index in [0.717, 1.165) is 12.8 Å². The van der Waals surface area contributed by atoms with Gasteiger partial charge in [-0.1, -0.05) is 12.8 Å². The van der Waals surface area contributed by atoms with Crippen molar-refractivity contribution < 1.29 is 19.4 Å². The van der Waals surface area contributed by atoms with E-state index in [4.69, 9.17) is 9.47 Å². The third-order valence-corrected chi connectivity index (χ3v) is 5.38. The minimum absolute atomic E-state index is 0.107. The molecule has 4 nitrogen and oxygen atoms in total. The van der Waals surface area contributed by atoms with E-state index >= 15 is 0 Å². The molecule has 1 aliphatic carbocycles. The van der Waals surface area contributed by atoms with Crippen LogP contribution in [0.4, 0.5) is 0 Å². The van der Waals surface area contributed by atoms with Crippen molar-refractivity contribution in [3.8, 4) is 0 Å². The molecule has 0 bridgehead atoms. The zero-order chi connectivity index (χ0) is 13.3. The highest BCUT2D eigenvalue weighted by Gasteiger charge is 2.47. The molecule has 1 saturated carbocycles. The topological polar surface area (TPSA) is 55.8 Å². The fourth-order valence-corrected chi connectivity index (χ4v) is 4.13. The van der Waals surface area contributed by atoms with E-state index in [1.807, 2.05) is 0 Å². The van der Waals surface area contributed by atoms with Crippen LogP contribution in [0.5, 0.6) is 0 Å². The van der Waals surface area contributed by atoms with Crippen molar-refractivity contribution >= 4 is 5.97 Å². The van der Waals surface area contributed by atoms with Gasteiger partial charge in [0.1, 0.15) is 0 Å². The molecule has 1 spiro atoms. The van der Waals surface area contributed by atoms with Crippen LogP contribution >= 0.6 is 0 Å². The molecule has 0 aromatic heterocycles. The lowest BCUT2D eigenvalue weighted by molar-refractivity contribution is -0.159. The number of hydrogen-bond donors (Lipinski definition) is 1. The summed E-state index contributed by atoms with van der Waals surface area (Å²) in [4.78, 5) is 11.7. The fraction of sp³-hybridized carbons (Fsp3) is 0.933. The van der Waals surface area contributed by atoms with Crippen LogP contribution in [0.3, 0.4) is 0 Å². The number of ether oxygens (including phenoxy) is 2. The second-order valence-electron chi connectivity index (χ2n) is 6.57. The molecule has 1 N–H and O–H groups in total. The van der Waals surface area contributed by atoms with Crippen molar-refractivity contribution in [2.75, 3.05) is 13.2 Å². The van der Waals surface area contributed by atoms with E-state index in [9.17, 15) is 9.90 Å². The molecule has 0 aromatic rings. The molecular weight excluding hydrogens is 244 g/mol. The van der Waals surface area contributed by atoms with Crippen LogP contribution in [0.1, 0.15) is 57.8 Å². The number of rotatable bonds is 3. The first-order valence-corrected chi connectivity index (χ1v) is 7.63. The Bertz CT molecular complexity index is 340. The Kier molecular flexibility index (Phi) is 3.56. The molecule has 0 amide bonds. The van der Waals surface area contributed by atoms with Crippen molar-refractivity contribution in [2.45, 2.75) is 69.5 Å². The minimum atomic E-state index is -0.660. The van der Waals surface area contributed by atoms with E-state index in [1.54, 1.807) is 0 Å². The van der Waals surface area contributed by atoms with Crippen LogP contribution in [0, 0.1) is 5.41 Å². The second-order valence-corrected chi connectivity index (χ2v) is 6.57. The lowest BCUT2D eigenvalue weighted by Gasteiger charge is -2.35. The normalized spacial score (nSPS) is 32.7. The van der Waals surface area contributed by atoms with Crippen molar-refractivity contribution in [3.05, 3.63) is 0 Å². The molecule has 3 rings (SSSR count). The SMILES string of the molecule is O=C(O)C1(CC2CCC3(CCCC3)O2)CCOCC1. The van der Waals surface area contributed by atoms with Gasteiger partial charge in [0.05, 0.1) is 17.1 Å². The number of carboxylic acids is 1. The van der Waals surface area contributed by atoms with Crippen molar-refractivity contribution in [1.29, 1.82) is 0 Å². The summed E-state index contributed by atoms with van der Waals surface area (Å²) >= 11 is 0. The van der Waals surface area contributed by atoms with Crippen molar-refractivity contribution in [1.82, 2.24) is 0 Å². The minimum Gasteiger partial charge on any atom is -0.481 e. The number of aliphatic carboxylic acids is 1. The highest BCUT2D eigenvalue weighted by atomic mass is 16.5. The molecule has 108 valence electrons. The summed E-state index contributed by atoms with van der Waals surface area (Å²) in [5.74, 6) is -0.660. The summed E-state index contributed by atoms with van der Waals surface area (Å²) in [6, 6.07) is 0. The first-order chi connectivity index (χ1) is 9.14. The highest BCUT2D eigenvalue weighted by Crippen LogP contribution is 2.47. The van der Waals surface area contributed by atoms with Gasteiger partial charge >= 0.3 is 5.97 Å². The second kappa shape index (κ2) is 5.06. The quantitative estimate of drug-likeness (QED) is 0.855. The van der Waals surface area contributed by atoms with Crippen molar-refractivity contribution in [2.24, 2.45) is 5.41 Å². The van der Waals surface area contributed by atoms with Gasteiger partial charge in [0.25, 0.3) is 0 Å². The van der Waals surface area contributed by atoms with Gasteiger partial charge in [0, 0.05) is 13.2 Å². The maximum atomic E-state index is 11.7. The third-order valence-electron chi connectivity index (χ3n) is 5.38. The maximum absolute atomic E-state index is 11.7. The van der Waals surface area contributed by atoms with Gasteiger partial charge in [-0.05, 0) is 44.9 Å². The molecule has 0 radical (unpaired) electrons. The summed E-state index contributed by atoms with van der Waals surface area (Å²) in [6.07, 6.45) is 9.14. The fourth-order valence-electron chi connectivity index (χ4n) is 4.13. The molecule has 3 aliphatic rings. The Morgan fingerprint density at radius 3 is 2.42 bits per heavy atom. The Hall–Kier alpha value is -0.610. The summed E-state index contributed by atoms with van der Waals surface area (Å²) in [5, 5.41) is 9.59. The Labute approximate surface area is 114 Å². The van der Waals surface area contributed by atoms with E-state index in [1.165, 1.54) is 25.7 Å². The molecule has 0 aromatic carbocycles. The highest BCUT2D eigenvalue weighted by molar-refractivity contribution is 5.74. The van der Waals surface area contributed by atoms with Gasteiger partial charge in [-0.25, -0.2) is 0 Å². The monoisotopic (exact) mass is 268 g/mol. The molecule has 2 aliphatic heterocycles. The Morgan fingerprint density at radius 1 is 1.11 bits per heavy atom. The average molecular weight is 268 g/mol. The molecule has 19 heavy (non-hydrogen) atoms. The zero-order valence-electron chi connectivity index (χ0n) is 11.5. The summed E-state index contributed by atoms with van der Waals surface area (Å²) in [7, 11) is 0. The van der Waals surface area contributed by atoms with E-state index in [-0.39, 0.29) is 11.7 Å². The standard InChI is InChI=1S/C15H24O4/c16-13(17)14(7-9-18-10-8-14)11-12-3-6-15(19-12)4-1-2-5-15/h12H,1-11H2,(H,16,17). The summed E-state index contributed by atoms with van der Waals surface area (Å²) < 4.78 is 11.6. The number of carbonyl (C=O) groups is 1. The van der Waals surface area contributed by atoms with Gasteiger partial charge in [-0.15, -0.1) is 0 Å². The Balaban J connectivity index is 1.65. The number of hydrogen-bond acceptors (Lipinski definition) is 3. The first kappa shape index (κ1) is 13.4. The van der Waals surface area contributed by atoms with Crippen LogP contribution in [-0.2, 0) is 14.3 Å². The smallest absolute Gasteiger partial charge is 0.309 e. The van der Waals surface area contributed by atoms with Gasteiger partial charge in [0.2, 0.25) is 0 Å². The lowest BCUT2D eigenvalue weighted by Crippen LogP contribution is -2.40. The maximum Gasteiger partial charge on any atom is 0.309 e. The van der Waals surface area contributed by atoms with Gasteiger partial charge < -0.3 is 14.6 Å². The van der Waals surface area contributed by atoms with Gasteiger partial charge in [-0.3, -0.25) is 4.79 Å². The van der Waals surface area contributed by atoms with Crippen LogP contribution in [0.2, 0.25) is 0 Å². The van der Waals surface area contributed by atoms with Gasteiger partial charge in [0.15, 0.2) is 0 Å². The molecule has 2 saturated heterocycles. The largest absolute Gasteiger partial charge is 0.481 e. The van der Waals surface area contributed by atoms with E-state index in [2.05, 4.69) is 0 Å². The van der Waals surface area contributed by atoms with Crippen molar-refractivity contribution in [3.63, 3.8) is 0 Å². The van der Waals surface area contributed by atoms with Crippen LogP contribution in [0.15, 0.2) is 0 Å². The van der Waals surface area contributed by atoms with Crippen LogP contribution in [-0.4, -0.2) is 36.0 Å². The lowest BCUT2D eigenvalue weighted by atomic mass is 9.75.